The molecule has 0 bridgehead atoms. The number of rotatable bonds is 2. The summed E-state index contributed by atoms with van der Waals surface area (Å²) in [6.07, 6.45) is 3.57. The number of benzene rings is 1. The number of fused-ring (bicyclic) bond motifs is 2. The SMILES string of the molecule is CC(C)(C)OC(=O)N1CCC(c2ncc3c(=O)n4c(nn23)NC(c2ccc(Cl)cc2)CC4)CC1. The average molecular weight is 485 g/mol. The molecule has 2 aromatic heterocycles. The highest BCUT2D eigenvalue weighted by Gasteiger charge is 2.31. The van der Waals surface area contributed by atoms with E-state index in [9.17, 15) is 9.59 Å². The number of ether oxygens (including phenoxy) is 1. The second-order valence-corrected chi connectivity index (χ2v) is 10.4. The number of carbonyl (C=O) groups excluding carboxylic acids is 1. The van der Waals surface area contributed by atoms with E-state index in [1.54, 1.807) is 20.2 Å². The molecule has 0 aliphatic carbocycles. The second-order valence-electron chi connectivity index (χ2n) is 9.97. The molecule has 2 aliphatic heterocycles. The molecule has 1 aromatic carbocycles. The van der Waals surface area contributed by atoms with E-state index < -0.39 is 5.60 Å². The Bertz CT molecular complexity index is 1270. The van der Waals surface area contributed by atoms with Crippen LogP contribution in [-0.4, -0.2) is 48.8 Å². The monoisotopic (exact) mass is 484 g/mol. The second kappa shape index (κ2) is 8.61. The molecule has 3 aromatic rings. The van der Waals surface area contributed by atoms with Gasteiger partial charge in [0.25, 0.3) is 5.56 Å². The standard InChI is InChI=1S/C24H29ClN6O3/c1-24(2,3)34-23(33)29-11-8-16(9-12-29)20-26-14-19-21(32)30-13-10-18(27-22(30)28-31(19)20)15-4-6-17(25)7-5-15/h4-7,14,16,18H,8-13H2,1-3H3,(H,27,28). The Balaban J connectivity index is 1.37. The van der Waals surface area contributed by atoms with E-state index in [0.29, 0.717) is 36.1 Å². The number of hydrogen-bond acceptors (Lipinski definition) is 6. The number of imidazole rings is 1. The summed E-state index contributed by atoms with van der Waals surface area (Å²) in [4.78, 5) is 31.9. The molecule has 2 aliphatic rings. The molecule has 1 N–H and O–H groups in total. The molecule has 1 atom stereocenters. The number of hydrogen-bond donors (Lipinski definition) is 1. The third-order valence-electron chi connectivity index (χ3n) is 6.41. The van der Waals surface area contributed by atoms with Crippen LogP contribution < -0.4 is 10.9 Å². The highest BCUT2D eigenvalue weighted by atomic mass is 35.5. The molecule has 1 saturated heterocycles. The molecule has 0 radical (unpaired) electrons. The van der Waals surface area contributed by atoms with Gasteiger partial charge in [-0.3, -0.25) is 9.36 Å². The minimum absolute atomic E-state index is 0.0469. The van der Waals surface area contributed by atoms with Gasteiger partial charge in [-0.15, -0.1) is 5.10 Å². The van der Waals surface area contributed by atoms with Crippen molar-refractivity contribution in [3.05, 3.63) is 57.2 Å². The van der Waals surface area contributed by atoms with E-state index in [4.69, 9.17) is 21.4 Å². The number of anilines is 1. The molecule has 1 amide bonds. The average Bonchev–Trinajstić information content (AvgIpc) is 3.22. The number of nitrogens with zero attached hydrogens (tertiary/aromatic N) is 5. The van der Waals surface area contributed by atoms with E-state index in [1.807, 2.05) is 45.0 Å². The summed E-state index contributed by atoms with van der Waals surface area (Å²) in [5.41, 5.74) is 0.956. The van der Waals surface area contributed by atoms with Crippen molar-refractivity contribution in [3.63, 3.8) is 0 Å². The number of likely N-dealkylation sites (tertiary alicyclic amines) is 1. The molecule has 1 fully saturated rings. The Kier molecular flexibility index (Phi) is 5.75. The Morgan fingerprint density at radius 1 is 1.12 bits per heavy atom. The first-order valence-electron chi connectivity index (χ1n) is 11.7. The van der Waals surface area contributed by atoms with Crippen LogP contribution >= 0.6 is 11.6 Å². The lowest BCUT2D eigenvalue weighted by Gasteiger charge is -2.33. The van der Waals surface area contributed by atoms with Crippen molar-refractivity contribution in [2.45, 2.75) is 64.1 Å². The maximum absolute atomic E-state index is 13.2. The zero-order valence-electron chi connectivity index (χ0n) is 19.6. The summed E-state index contributed by atoms with van der Waals surface area (Å²) in [6.45, 7) is 7.33. The Morgan fingerprint density at radius 3 is 2.50 bits per heavy atom. The topological polar surface area (TPSA) is 93.8 Å². The van der Waals surface area contributed by atoms with E-state index >= 15 is 0 Å². The smallest absolute Gasteiger partial charge is 0.410 e. The Morgan fingerprint density at radius 2 is 1.82 bits per heavy atom. The lowest BCUT2D eigenvalue weighted by molar-refractivity contribution is 0.0203. The fraction of sp³-hybridized carbons (Fsp3) is 0.500. The summed E-state index contributed by atoms with van der Waals surface area (Å²) >= 11 is 6.03. The van der Waals surface area contributed by atoms with Gasteiger partial charge >= 0.3 is 6.09 Å². The Labute approximate surface area is 202 Å². The zero-order valence-corrected chi connectivity index (χ0v) is 20.4. The lowest BCUT2D eigenvalue weighted by atomic mass is 9.96. The maximum atomic E-state index is 13.2. The quantitative estimate of drug-likeness (QED) is 0.585. The van der Waals surface area contributed by atoms with Gasteiger partial charge in [-0.25, -0.2) is 14.3 Å². The molecule has 34 heavy (non-hydrogen) atoms. The van der Waals surface area contributed by atoms with Crippen LogP contribution in [0.2, 0.25) is 5.02 Å². The van der Waals surface area contributed by atoms with Crippen LogP contribution in [0.3, 0.4) is 0 Å². The number of piperidine rings is 1. The van der Waals surface area contributed by atoms with Crippen LogP contribution in [-0.2, 0) is 11.3 Å². The number of aromatic nitrogens is 4. The third kappa shape index (κ3) is 4.36. The van der Waals surface area contributed by atoms with Crippen molar-refractivity contribution in [1.82, 2.24) is 24.1 Å². The predicted octanol–water partition coefficient (Wildman–Crippen LogP) is 4.22. The number of nitrogens with one attached hydrogen (secondary N) is 1. The van der Waals surface area contributed by atoms with E-state index in [2.05, 4.69) is 10.3 Å². The fourth-order valence-corrected chi connectivity index (χ4v) is 4.79. The zero-order chi connectivity index (χ0) is 24.0. The van der Waals surface area contributed by atoms with Gasteiger partial charge in [0.1, 0.15) is 11.4 Å². The van der Waals surface area contributed by atoms with Gasteiger partial charge in [-0.1, -0.05) is 23.7 Å². The molecule has 10 heteroatoms. The number of amides is 1. The summed E-state index contributed by atoms with van der Waals surface area (Å²) < 4.78 is 8.86. The van der Waals surface area contributed by atoms with Crippen LogP contribution in [0.15, 0.2) is 35.3 Å². The molecule has 0 saturated carbocycles. The first-order valence-corrected chi connectivity index (χ1v) is 12.1. The van der Waals surface area contributed by atoms with E-state index in [0.717, 1.165) is 30.7 Å². The minimum Gasteiger partial charge on any atom is -0.444 e. The summed E-state index contributed by atoms with van der Waals surface area (Å²) in [7, 11) is 0. The van der Waals surface area contributed by atoms with Crippen molar-refractivity contribution in [3.8, 4) is 0 Å². The van der Waals surface area contributed by atoms with Crippen LogP contribution in [0.4, 0.5) is 10.7 Å². The lowest BCUT2D eigenvalue weighted by Crippen LogP contribution is -2.41. The van der Waals surface area contributed by atoms with Gasteiger partial charge in [0, 0.05) is 30.6 Å². The van der Waals surface area contributed by atoms with Crippen molar-refractivity contribution < 1.29 is 9.53 Å². The van der Waals surface area contributed by atoms with Gasteiger partial charge in [0.2, 0.25) is 5.95 Å². The number of halogens is 1. The normalized spacial score (nSPS) is 19.1. The van der Waals surface area contributed by atoms with Crippen LogP contribution in [0, 0.1) is 0 Å². The number of carbonyl (C=O) groups is 1. The molecule has 4 heterocycles. The minimum atomic E-state index is -0.519. The largest absolute Gasteiger partial charge is 0.444 e. The van der Waals surface area contributed by atoms with Crippen LogP contribution in [0.5, 0.6) is 0 Å². The van der Waals surface area contributed by atoms with Gasteiger partial charge in [0.05, 0.1) is 12.2 Å². The third-order valence-corrected chi connectivity index (χ3v) is 6.66. The van der Waals surface area contributed by atoms with Crippen LogP contribution in [0.25, 0.3) is 5.52 Å². The molecule has 1 unspecified atom stereocenters. The molecular formula is C24H29ClN6O3. The molecule has 180 valence electrons. The van der Waals surface area contributed by atoms with Gasteiger partial charge in [-0.05, 0) is 57.7 Å². The fourth-order valence-electron chi connectivity index (χ4n) is 4.66. The van der Waals surface area contributed by atoms with Crippen LogP contribution in [0.1, 0.15) is 63.4 Å². The van der Waals surface area contributed by atoms with E-state index in [-0.39, 0.29) is 23.6 Å². The predicted molar refractivity (Wildman–Crippen MR) is 129 cm³/mol. The molecule has 0 spiro atoms. The Hall–Kier alpha value is -3.07. The van der Waals surface area contributed by atoms with Gasteiger partial charge in [0.15, 0.2) is 5.52 Å². The van der Waals surface area contributed by atoms with Crippen molar-refractivity contribution >= 4 is 29.2 Å². The highest BCUT2D eigenvalue weighted by Crippen LogP contribution is 2.30. The summed E-state index contributed by atoms with van der Waals surface area (Å²) in [5.74, 6) is 1.40. The van der Waals surface area contributed by atoms with Crippen molar-refractivity contribution in [2.24, 2.45) is 0 Å². The van der Waals surface area contributed by atoms with Crippen molar-refractivity contribution in [2.75, 3.05) is 18.4 Å². The van der Waals surface area contributed by atoms with Gasteiger partial charge < -0.3 is 15.0 Å². The maximum Gasteiger partial charge on any atom is 0.410 e. The van der Waals surface area contributed by atoms with Gasteiger partial charge in [-0.2, -0.15) is 0 Å². The summed E-state index contributed by atoms with van der Waals surface area (Å²) in [5, 5.41) is 8.89. The first-order chi connectivity index (χ1) is 16.2. The molecular weight excluding hydrogens is 456 g/mol. The highest BCUT2D eigenvalue weighted by molar-refractivity contribution is 6.30. The first kappa shape index (κ1) is 22.7. The molecule has 9 nitrogen and oxygen atoms in total. The summed E-state index contributed by atoms with van der Waals surface area (Å²) in [6, 6.07) is 7.77. The van der Waals surface area contributed by atoms with E-state index in [1.165, 1.54) is 0 Å². The molecule has 5 rings (SSSR count). The van der Waals surface area contributed by atoms with Crippen molar-refractivity contribution in [1.29, 1.82) is 0 Å².